The van der Waals surface area contributed by atoms with E-state index >= 15 is 0 Å². The van der Waals surface area contributed by atoms with Gasteiger partial charge in [0.05, 0.1) is 12.5 Å². The van der Waals surface area contributed by atoms with Gasteiger partial charge in [0.25, 0.3) is 0 Å². The summed E-state index contributed by atoms with van der Waals surface area (Å²) in [5.41, 5.74) is 2.26. The summed E-state index contributed by atoms with van der Waals surface area (Å²) in [7, 11) is -2.53. The van der Waals surface area contributed by atoms with Gasteiger partial charge >= 0.3 is 16.5 Å². The highest BCUT2D eigenvalue weighted by Crippen LogP contribution is 2.24. The quantitative estimate of drug-likeness (QED) is 0.865. The number of carbonyl (C=O) groups is 1. The topological polar surface area (TPSA) is 83.8 Å². The number of hydrogen-bond donors (Lipinski definition) is 1. The number of hydrogen-bond acceptors (Lipinski definition) is 4. The molecule has 1 atom stereocenters. The standard InChI is InChI=1S/C16H14ClNO4S/c17-14-7-3-11(4-8-14)9-15(18-23(21)22)13-5-1-12(2-6-13)10-16(19)20/h1-8,15H,9-10H2,(H,19,20). The number of halogens is 1. The molecule has 0 radical (unpaired) electrons. The molecule has 0 saturated carbocycles. The Hall–Kier alpha value is -2.18. The zero-order valence-electron chi connectivity index (χ0n) is 12.0. The highest BCUT2D eigenvalue weighted by atomic mass is 35.5. The van der Waals surface area contributed by atoms with Crippen molar-refractivity contribution < 1.29 is 18.3 Å². The minimum Gasteiger partial charge on any atom is -0.481 e. The summed E-state index contributed by atoms with van der Waals surface area (Å²) in [5.74, 6) is -0.916. The molecule has 0 aliphatic carbocycles. The summed E-state index contributed by atoms with van der Waals surface area (Å²) in [4.78, 5) is 10.7. The molecule has 5 nitrogen and oxygen atoms in total. The van der Waals surface area contributed by atoms with E-state index < -0.39 is 22.5 Å². The molecule has 7 heteroatoms. The predicted octanol–water partition coefficient (Wildman–Crippen LogP) is 3.31. The van der Waals surface area contributed by atoms with Crippen molar-refractivity contribution >= 4 is 28.1 Å². The largest absolute Gasteiger partial charge is 0.481 e. The van der Waals surface area contributed by atoms with E-state index in [1.165, 1.54) is 0 Å². The van der Waals surface area contributed by atoms with Crippen molar-refractivity contribution in [1.29, 1.82) is 0 Å². The van der Waals surface area contributed by atoms with E-state index in [9.17, 15) is 13.2 Å². The van der Waals surface area contributed by atoms with Crippen molar-refractivity contribution in [2.24, 2.45) is 4.36 Å². The maximum Gasteiger partial charge on any atom is 0.311 e. The third kappa shape index (κ3) is 5.50. The van der Waals surface area contributed by atoms with Crippen LogP contribution in [0, 0.1) is 0 Å². The summed E-state index contributed by atoms with van der Waals surface area (Å²) in [6, 6.07) is 13.3. The molecule has 2 rings (SSSR count). The van der Waals surface area contributed by atoms with Crippen molar-refractivity contribution in [3.05, 3.63) is 70.2 Å². The molecule has 23 heavy (non-hydrogen) atoms. The summed E-state index contributed by atoms with van der Waals surface area (Å²) < 4.78 is 25.7. The fourth-order valence-corrected chi connectivity index (χ4v) is 2.73. The highest BCUT2D eigenvalue weighted by Gasteiger charge is 2.13. The van der Waals surface area contributed by atoms with Crippen LogP contribution in [-0.2, 0) is 28.1 Å². The van der Waals surface area contributed by atoms with Gasteiger partial charge in [0.1, 0.15) is 0 Å². The minimum atomic E-state index is -2.53. The molecule has 1 N–H and O–H groups in total. The van der Waals surface area contributed by atoms with Crippen LogP contribution in [0.1, 0.15) is 22.7 Å². The number of carboxylic acids is 1. The van der Waals surface area contributed by atoms with Gasteiger partial charge in [-0.05, 0) is 28.8 Å². The molecule has 0 aromatic heterocycles. The molecule has 0 amide bonds. The van der Waals surface area contributed by atoms with Crippen LogP contribution in [0.2, 0.25) is 5.02 Å². The van der Waals surface area contributed by atoms with Crippen LogP contribution < -0.4 is 0 Å². The Morgan fingerprint density at radius 3 is 2.13 bits per heavy atom. The highest BCUT2D eigenvalue weighted by molar-refractivity contribution is 7.61. The second-order valence-corrected chi connectivity index (χ2v) is 6.06. The Kier molecular flexibility index (Phi) is 5.90. The van der Waals surface area contributed by atoms with Gasteiger partial charge < -0.3 is 5.11 Å². The van der Waals surface area contributed by atoms with Crippen molar-refractivity contribution in [3.8, 4) is 0 Å². The minimum absolute atomic E-state index is 0.0766. The molecule has 0 saturated heterocycles. The van der Waals surface area contributed by atoms with Gasteiger partial charge in [-0.1, -0.05) is 48.0 Å². The lowest BCUT2D eigenvalue weighted by Crippen LogP contribution is -2.03. The maximum atomic E-state index is 11.0. The number of carboxylic acid groups (broad SMARTS) is 1. The first-order valence-corrected chi connectivity index (χ1v) is 8.20. The van der Waals surface area contributed by atoms with E-state index in [0.717, 1.165) is 5.56 Å². The summed E-state index contributed by atoms with van der Waals surface area (Å²) in [6.45, 7) is 0. The Morgan fingerprint density at radius 2 is 1.61 bits per heavy atom. The van der Waals surface area contributed by atoms with E-state index in [4.69, 9.17) is 16.7 Å². The van der Waals surface area contributed by atoms with Crippen molar-refractivity contribution in [1.82, 2.24) is 0 Å². The molecule has 1 unspecified atom stereocenters. The monoisotopic (exact) mass is 351 g/mol. The zero-order chi connectivity index (χ0) is 16.8. The van der Waals surface area contributed by atoms with Gasteiger partial charge in [0.15, 0.2) is 0 Å². The van der Waals surface area contributed by atoms with Gasteiger partial charge in [-0.25, -0.2) is 0 Å². The first kappa shape index (κ1) is 17.2. The van der Waals surface area contributed by atoms with Crippen LogP contribution in [-0.4, -0.2) is 19.5 Å². The summed E-state index contributed by atoms with van der Waals surface area (Å²) in [5, 5.41) is 9.38. The maximum absolute atomic E-state index is 11.0. The van der Waals surface area contributed by atoms with E-state index in [1.54, 1.807) is 36.4 Å². The number of rotatable bonds is 6. The lowest BCUT2D eigenvalue weighted by molar-refractivity contribution is -0.136. The predicted molar refractivity (Wildman–Crippen MR) is 87.0 cm³/mol. The molecule has 2 aromatic carbocycles. The Labute approximate surface area is 140 Å². The Balaban J connectivity index is 2.26. The smallest absolute Gasteiger partial charge is 0.311 e. The fraction of sp³-hybridized carbons (Fsp3) is 0.188. The zero-order valence-corrected chi connectivity index (χ0v) is 13.6. The second-order valence-electron chi connectivity index (χ2n) is 4.98. The molecular weight excluding hydrogens is 338 g/mol. The van der Waals surface area contributed by atoms with Crippen LogP contribution in [0.15, 0.2) is 52.9 Å². The van der Waals surface area contributed by atoms with Crippen LogP contribution >= 0.6 is 11.6 Å². The van der Waals surface area contributed by atoms with Crippen molar-refractivity contribution in [2.45, 2.75) is 18.9 Å². The van der Waals surface area contributed by atoms with Crippen molar-refractivity contribution in [3.63, 3.8) is 0 Å². The van der Waals surface area contributed by atoms with Gasteiger partial charge in [-0.2, -0.15) is 12.8 Å². The second kappa shape index (κ2) is 7.89. The van der Waals surface area contributed by atoms with E-state index in [2.05, 4.69) is 4.36 Å². The van der Waals surface area contributed by atoms with Gasteiger partial charge in [-0.3, -0.25) is 4.79 Å². The molecule has 0 aliphatic heterocycles. The molecule has 0 heterocycles. The molecule has 0 fully saturated rings. The lowest BCUT2D eigenvalue weighted by Gasteiger charge is -2.11. The number of nitrogens with zero attached hydrogens (tertiary/aromatic N) is 1. The van der Waals surface area contributed by atoms with Gasteiger partial charge in [0, 0.05) is 11.4 Å². The van der Waals surface area contributed by atoms with Crippen molar-refractivity contribution in [2.75, 3.05) is 0 Å². The van der Waals surface area contributed by atoms with Crippen LogP contribution in [0.4, 0.5) is 0 Å². The van der Waals surface area contributed by atoms with Gasteiger partial charge in [0.2, 0.25) is 0 Å². The van der Waals surface area contributed by atoms with Crippen LogP contribution in [0.25, 0.3) is 0 Å². The molecule has 0 spiro atoms. The first-order valence-electron chi connectivity index (χ1n) is 6.79. The molecule has 0 aliphatic rings. The van der Waals surface area contributed by atoms with Crippen LogP contribution in [0.3, 0.4) is 0 Å². The van der Waals surface area contributed by atoms with Gasteiger partial charge in [-0.15, -0.1) is 0 Å². The lowest BCUT2D eigenvalue weighted by atomic mass is 9.98. The fourth-order valence-electron chi connectivity index (χ4n) is 2.20. The SMILES string of the molecule is O=C(O)Cc1ccc(C(Cc2ccc(Cl)cc2)N=S(=O)=O)cc1. The molecule has 0 bridgehead atoms. The average molecular weight is 352 g/mol. The third-order valence-corrected chi connectivity index (χ3v) is 3.95. The summed E-state index contributed by atoms with van der Waals surface area (Å²) >= 11 is 5.84. The summed E-state index contributed by atoms with van der Waals surface area (Å²) in [6.07, 6.45) is 0.330. The molecular formula is C16H14ClNO4S. The Bertz CT molecular complexity index is 806. The molecule has 2 aromatic rings. The average Bonchev–Trinajstić information content (AvgIpc) is 2.48. The van der Waals surface area contributed by atoms with E-state index in [0.29, 0.717) is 22.6 Å². The molecule has 120 valence electrons. The van der Waals surface area contributed by atoms with Crippen LogP contribution in [0.5, 0.6) is 0 Å². The third-order valence-electron chi connectivity index (χ3n) is 3.28. The number of benzene rings is 2. The normalized spacial score (nSPS) is 11.7. The Morgan fingerprint density at radius 1 is 1.04 bits per heavy atom. The van der Waals surface area contributed by atoms with E-state index in [-0.39, 0.29) is 6.42 Å². The first-order chi connectivity index (χ1) is 10.9. The number of aliphatic carboxylic acids is 1. The van der Waals surface area contributed by atoms with E-state index in [1.807, 2.05) is 12.1 Å².